The second-order valence-electron chi connectivity index (χ2n) is 8.85. The Bertz CT molecular complexity index is 1030. The number of nitrogens with one attached hydrogen (secondary N) is 1. The molecule has 1 N–H and O–H groups in total. The minimum Gasteiger partial charge on any atom is -0.366 e. The fourth-order valence-electron chi connectivity index (χ4n) is 4.30. The average Bonchev–Trinajstić information content (AvgIpc) is 2.81. The molecule has 1 aliphatic rings. The highest BCUT2D eigenvalue weighted by molar-refractivity contribution is 6.33. The molecule has 0 bridgehead atoms. The van der Waals surface area contributed by atoms with Crippen molar-refractivity contribution in [3.8, 4) is 0 Å². The van der Waals surface area contributed by atoms with Gasteiger partial charge in [0.2, 0.25) is 11.8 Å². The summed E-state index contributed by atoms with van der Waals surface area (Å²) in [7, 11) is 0. The number of piperidine rings is 1. The number of unbranched alkanes of at least 4 members (excludes halogenated alkanes) is 1. The Morgan fingerprint density at radius 3 is 2.46 bits per heavy atom. The van der Waals surface area contributed by atoms with Crippen LogP contribution < -0.4 is 10.2 Å². The number of alkyl halides is 3. The molecule has 5 nitrogen and oxygen atoms in total. The van der Waals surface area contributed by atoms with Gasteiger partial charge in [-0.25, -0.2) is 0 Å². The number of rotatable bonds is 8. The van der Waals surface area contributed by atoms with Gasteiger partial charge in [0.05, 0.1) is 16.3 Å². The number of hydrogen-bond donors (Lipinski definition) is 1. The number of carbonyl (C=O) groups is 2. The molecule has 0 saturated carbocycles. The van der Waals surface area contributed by atoms with E-state index in [2.05, 4.69) is 12.2 Å². The fraction of sp³-hybridized carbons (Fsp3) is 0.462. The molecule has 2 aromatic rings. The third-order valence-electron chi connectivity index (χ3n) is 6.20. The van der Waals surface area contributed by atoms with Gasteiger partial charge >= 0.3 is 6.18 Å². The maximum atomic E-state index is 12.9. The Balaban J connectivity index is 1.75. The van der Waals surface area contributed by atoms with Gasteiger partial charge in [0.25, 0.3) is 0 Å². The lowest BCUT2D eigenvalue weighted by molar-refractivity contribution is -0.138. The zero-order valence-corrected chi connectivity index (χ0v) is 20.8. The molecule has 0 aliphatic carbocycles. The first-order valence-electron chi connectivity index (χ1n) is 11.9. The first-order valence-corrected chi connectivity index (χ1v) is 12.3. The lowest BCUT2D eigenvalue weighted by Gasteiger charge is -2.34. The number of halogens is 4. The van der Waals surface area contributed by atoms with Crippen molar-refractivity contribution in [3.05, 3.63) is 58.6 Å². The van der Waals surface area contributed by atoms with Crippen LogP contribution in [0.15, 0.2) is 42.5 Å². The third-order valence-corrected chi connectivity index (χ3v) is 6.50. The summed E-state index contributed by atoms with van der Waals surface area (Å²) in [5, 5.41) is 3.30. The van der Waals surface area contributed by atoms with Crippen LogP contribution in [0.2, 0.25) is 5.02 Å². The normalized spacial score (nSPS) is 16.2. The molecule has 0 radical (unpaired) electrons. The third kappa shape index (κ3) is 7.13. The van der Waals surface area contributed by atoms with E-state index in [0.29, 0.717) is 36.8 Å². The van der Waals surface area contributed by atoms with E-state index in [1.807, 2.05) is 4.90 Å². The molecular formula is C26H31ClF3N3O2. The van der Waals surface area contributed by atoms with Crippen molar-refractivity contribution in [1.29, 1.82) is 0 Å². The second-order valence-corrected chi connectivity index (χ2v) is 9.26. The molecule has 0 aromatic heterocycles. The van der Waals surface area contributed by atoms with Crippen LogP contribution in [0.4, 0.5) is 24.5 Å². The topological polar surface area (TPSA) is 52.7 Å². The van der Waals surface area contributed by atoms with E-state index in [1.165, 1.54) is 19.1 Å². The lowest BCUT2D eigenvalue weighted by atomic mass is 10.0. The van der Waals surface area contributed by atoms with Crippen molar-refractivity contribution in [3.63, 3.8) is 0 Å². The van der Waals surface area contributed by atoms with E-state index in [-0.39, 0.29) is 11.8 Å². The largest absolute Gasteiger partial charge is 0.416 e. The van der Waals surface area contributed by atoms with Crippen LogP contribution in [-0.2, 0) is 22.3 Å². The van der Waals surface area contributed by atoms with Crippen LogP contribution in [0.25, 0.3) is 0 Å². The first kappa shape index (κ1) is 26.9. The van der Waals surface area contributed by atoms with Gasteiger partial charge in [-0.2, -0.15) is 13.2 Å². The summed E-state index contributed by atoms with van der Waals surface area (Å²) in [6.45, 7) is 5.19. The smallest absolute Gasteiger partial charge is 0.366 e. The predicted octanol–water partition coefficient (Wildman–Crippen LogP) is 6.51. The molecule has 2 amide bonds. The summed E-state index contributed by atoms with van der Waals surface area (Å²) in [5.74, 6) is -0.357. The van der Waals surface area contributed by atoms with E-state index in [0.717, 1.165) is 49.1 Å². The van der Waals surface area contributed by atoms with Crippen LogP contribution in [0.3, 0.4) is 0 Å². The quantitative estimate of drug-likeness (QED) is 0.441. The Morgan fingerprint density at radius 1 is 1.14 bits per heavy atom. The molecule has 3 rings (SSSR count). The summed E-state index contributed by atoms with van der Waals surface area (Å²) in [4.78, 5) is 28.4. The van der Waals surface area contributed by atoms with Gasteiger partial charge in [-0.1, -0.05) is 37.1 Å². The van der Waals surface area contributed by atoms with Crippen molar-refractivity contribution in [1.82, 2.24) is 4.90 Å². The van der Waals surface area contributed by atoms with Gasteiger partial charge in [-0.3, -0.25) is 9.59 Å². The summed E-state index contributed by atoms with van der Waals surface area (Å²) in [5.41, 5.74) is 1.33. The minimum atomic E-state index is -4.37. The van der Waals surface area contributed by atoms with Crippen LogP contribution in [0, 0.1) is 0 Å². The Labute approximate surface area is 209 Å². The Morgan fingerprint density at radius 2 is 1.86 bits per heavy atom. The molecule has 1 heterocycles. The van der Waals surface area contributed by atoms with Crippen molar-refractivity contribution >= 4 is 34.8 Å². The molecule has 9 heteroatoms. The van der Waals surface area contributed by atoms with E-state index < -0.39 is 17.8 Å². The maximum absolute atomic E-state index is 12.9. The number of likely N-dealkylation sites (tertiary alicyclic amines) is 1. The SMILES string of the molecule is CCCCN(Cc1ccc(C(F)(F)F)cc1)c1ccc(NC(=O)[C@H]2CCCCN2C(C)=O)cc1Cl. The summed E-state index contributed by atoms with van der Waals surface area (Å²) in [6.07, 6.45) is -0.145. The number of anilines is 2. The van der Waals surface area contributed by atoms with Gasteiger partial charge in [0.15, 0.2) is 0 Å². The summed E-state index contributed by atoms with van der Waals surface area (Å²) in [6, 6.07) is 9.87. The van der Waals surface area contributed by atoms with Crippen molar-refractivity contribution in [2.75, 3.05) is 23.3 Å². The standard InChI is InChI=1S/C26H31ClF3N3O2/c1-3-4-14-32(17-19-8-10-20(11-9-19)26(28,29)30)23-13-12-21(16-22(23)27)31-25(35)24-7-5-6-15-33(24)18(2)34/h8-13,16,24H,3-7,14-15,17H2,1-2H3,(H,31,35)/t24-/m1/s1. The number of hydrogen-bond acceptors (Lipinski definition) is 3. The van der Waals surface area contributed by atoms with Gasteiger partial charge < -0.3 is 15.1 Å². The molecule has 2 aromatic carbocycles. The van der Waals surface area contributed by atoms with Gasteiger partial charge in [-0.05, 0) is 61.6 Å². The average molecular weight is 510 g/mol. The van der Waals surface area contributed by atoms with Gasteiger partial charge in [-0.15, -0.1) is 0 Å². The van der Waals surface area contributed by atoms with E-state index >= 15 is 0 Å². The maximum Gasteiger partial charge on any atom is 0.416 e. The zero-order chi connectivity index (χ0) is 25.6. The molecule has 190 valence electrons. The van der Waals surface area contributed by atoms with E-state index in [4.69, 9.17) is 11.6 Å². The van der Waals surface area contributed by atoms with Crippen LogP contribution in [-0.4, -0.2) is 35.8 Å². The highest BCUT2D eigenvalue weighted by atomic mass is 35.5. The molecule has 1 saturated heterocycles. The summed E-state index contributed by atoms with van der Waals surface area (Å²) >= 11 is 6.60. The predicted molar refractivity (Wildman–Crippen MR) is 133 cm³/mol. The first-order chi connectivity index (χ1) is 16.6. The molecule has 0 spiro atoms. The molecule has 0 unspecified atom stereocenters. The highest BCUT2D eigenvalue weighted by Gasteiger charge is 2.31. The van der Waals surface area contributed by atoms with Gasteiger partial charge in [0, 0.05) is 32.2 Å². The van der Waals surface area contributed by atoms with Crippen molar-refractivity contribution in [2.45, 2.75) is 64.7 Å². The molecular weight excluding hydrogens is 479 g/mol. The van der Waals surface area contributed by atoms with E-state index in [1.54, 1.807) is 23.1 Å². The second kappa shape index (κ2) is 11.8. The number of carbonyl (C=O) groups excluding carboxylic acids is 2. The molecule has 1 fully saturated rings. The molecule has 1 atom stereocenters. The number of nitrogens with zero attached hydrogens (tertiary/aromatic N) is 2. The Kier molecular flexibility index (Phi) is 9.05. The Hall–Kier alpha value is -2.74. The van der Waals surface area contributed by atoms with Crippen molar-refractivity contribution in [2.24, 2.45) is 0 Å². The highest BCUT2D eigenvalue weighted by Crippen LogP contribution is 2.32. The lowest BCUT2D eigenvalue weighted by Crippen LogP contribution is -2.49. The van der Waals surface area contributed by atoms with Crippen molar-refractivity contribution < 1.29 is 22.8 Å². The summed E-state index contributed by atoms with van der Waals surface area (Å²) < 4.78 is 38.7. The molecule has 35 heavy (non-hydrogen) atoms. The van der Waals surface area contributed by atoms with Gasteiger partial charge in [0.1, 0.15) is 6.04 Å². The van der Waals surface area contributed by atoms with Crippen LogP contribution in [0.5, 0.6) is 0 Å². The minimum absolute atomic E-state index is 0.118. The number of benzene rings is 2. The zero-order valence-electron chi connectivity index (χ0n) is 20.0. The monoisotopic (exact) mass is 509 g/mol. The number of amides is 2. The fourth-order valence-corrected chi connectivity index (χ4v) is 4.60. The van der Waals surface area contributed by atoms with E-state index in [9.17, 15) is 22.8 Å². The van der Waals surface area contributed by atoms with Crippen LogP contribution >= 0.6 is 11.6 Å². The van der Waals surface area contributed by atoms with Crippen LogP contribution in [0.1, 0.15) is 57.1 Å². The molecule has 1 aliphatic heterocycles.